The molecule has 0 radical (unpaired) electrons. The number of carbonyl (C=O) groups excluding carboxylic acids is 1. The van der Waals surface area contributed by atoms with Gasteiger partial charge in [-0.25, -0.2) is 4.39 Å². The fraction of sp³-hybridized carbons (Fsp3) is 0.286. The monoisotopic (exact) mass is 353 g/mol. The third kappa shape index (κ3) is 2.39. The molecule has 5 rings (SSSR count). The summed E-state index contributed by atoms with van der Waals surface area (Å²) in [5.41, 5.74) is 2.26. The van der Waals surface area contributed by atoms with Crippen molar-refractivity contribution in [1.29, 1.82) is 0 Å². The van der Waals surface area contributed by atoms with E-state index in [1.54, 1.807) is 30.3 Å². The molecule has 5 heteroatoms. The molecule has 1 saturated heterocycles. The maximum Gasteiger partial charge on any atom is 0.189 e. The van der Waals surface area contributed by atoms with Gasteiger partial charge in [0.05, 0.1) is 16.4 Å². The number of carbonyl (C=O) groups is 1. The first-order valence-electron chi connectivity index (χ1n) is 10.2. The van der Waals surface area contributed by atoms with Crippen molar-refractivity contribution in [2.24, 2.45) is 0 Å². The smallest absolute Gasteiger partial charge is 0.189 e. The number of Topliss-reactive ketones (excluding diaryl/α,β-unsaturated/α-hetero) is 1. The standard InChI is InChI=1S/C21H19FN2O2/c22-16-9-12(6-7-13(16)17-5-2-8-23-17)21-15-10-26-11-19(25)14-3-1-4-18(24-21)20(14)15/h1,3-4,6-7,9,17,23-24H,2,5,8,10-11H2/i10D2,17D. The number of ether oxygens (including phenoxy) is 1. The van der Waals surface area contributed by atoms with Crippen LogP contribution in [0.15, 0.2) is 36.4 Å². The van der Waals surface area contributed by atoms with Gasteiger partial charge in [-0.15, -0.1) is 0 Å². The van der Waals surface area contributed by atoms with Gasteiger partial charge in [-0.2, -0.15) is 0 Å². The lowest BCUT2D eigenvalue weighted by Crippen LogP contribution is -2.14. The molecule has 1 aromatic heterocycles. The second-order valence-electron chi connectivity index (χ2n) is 6.62. The van der Waals surface area contributed by atoms with Crippen molar-refractivity contribution in [2.75, 3.05) is 13.2 Å². The maximum atomic E-state index is 15.0. The van der Waals surface area contributed by atoms with Crippen LogP contribution in [0.25, 0.3) is 22.2 Å². The van der Waals surface area contributed by atoms with Gasteiger partial charge in [0.25, 0.3) is 0 Å². The zero-order chi connectivity index (χ0) is 20.4. The van der Waals surface area contributed by atoms with Gasteiger partial charge in [-0.3, -0.25) is 4.79 Å². The van der Waals surface area contributed by atoms with E-state index in [4.69, 9.17) is 8.85 Å². The molecule has 2 aliphatic heterocycles. The highest BCUT2D eigenvalue weighted by Crippen LogP contribution is 2.36. The van der Waals surface area contributed by atoms with E-state index >= 15 is 0 Å². The highest BCUT2D eigenvalue weighted by molar-refractivity contribution is 6.11. The Hall–Kier alpha value is -2.50. The second-order valence-corrected chi connectivity index (χ2v) is 6.62. The van der Waals surface area contributed by atoms with Crippen LogP contribution >= 0.6 is 0 Å². The van der Waals surface area contributed by atoms with E-state index in [9.17, 15) is 9.18 Å². The third-order valence-corrected chi connectivity index (χ3v) is 5.03. The van der Waals surface area contributed by atoms with Crippen molar-refractivity contribution >= 4 is 16.7 Å². The molecule has 0 saturated carbocycles. The van der Waals surface area contributed by atoms with Crippen molar-refractivity contribution in [2.45, 2.75) is 25.4 Å². The van der Waals surface area contributed by atoms with Crippen LogP contribution in [-0.2, 0) is 11.3 Å². The number of halogens is 1. The van der Waals surface area contributed by atoms with E-state index in [2.05, 4.69) is 10.3 Å². The molecule has 3 aromatic rings. The SMILES string of the molecule is [2H]C1(c2ccc(-c3[nH]c4cccc5c4c3C([2H])([2H])OCC5=O)cc2F)CCCN1. The highest BCUT2D eigenvalue weighted by Gasteiger charge is 2.24. The summed E-state index contributed by atoms with van der Waals surface area (Å²) >= 11 is 0. The Bertz CT molecular complexity index is 1150. The topological polar surface area (TPSA) is 54.1 Å². The van der Waals surface area contributed by atoms with Crippen LogP contribution in [0.2, 0.25) is 0 Å². The number of nitrogens with one attached hydrogen (secondary N) is 2. The normalized spacial score (nSPS) is 26.3. The lowest BCUT2D eigenvalue weighted by Gasteiger charge is -2.13. The van der Waals surface area contributed by atoms with E-state index < -0.39 is 18.4 Å². The molecule has 2 N–H and O–H groups in total. The van der Waals surface area contributed by atoms with Crippen molar-refractivity contribution in [3.05, 3.63) is 58.9 Å². The fourth-order valence-corrected chi connectivity index (χ4v) is 3.79. The van der Waals surface area contributed by atoms with Gasteiger partial charge in [0.1, 0.15) is 12.4 Å². The van der Waals surface area contributed by atoms with Gasteiger partial charge >= 0.3 is 0 Å². The Kier molecular flexibility index (Phi) is 2.97. The van der Waals surface area contributed by atoms with Crippen LogP contribution in [0.5, 0.6) is 0 Å². The van der Waals surface area contributed by atoms with E-state index in [1.807, 2.05) is 0 Å². The largest absolute Gasteiger partial charge is 0.369 e. The quantitative estimate of drug-likeness (QED) is 0.729. The fourth-order valence-electron chi connectivity index (χ4n) is 3.79. The van der Waals surface area contributed by atoms with Crippen molar-refractivity contribution in [3.8, 4) is 11.3 Å². The molecule has 1 atom stereocenters. The van der Waals surface area contributed by atoms with Gasteiger partial charge in [-0.1, -0.05) is 24.3 Å². The number of aromatic amines is 1. The lowest BCUT2D eigenvalue weighted by molar-refractivity contribution is 0.0742. The van der Waals surface area contributed by atoms with E-state index in [-0.39, 0.29) is 23.5 Å². The van der Waals surface area contributed by atoms with Crippen molar-refractivity contribution < 1.29 is 18.0 Å². The van der Waals surface area contributed by atoms with Crippen LogP contribution in [0.3, 0.4) is 0 Å². The van der Waals surface area contributed by atoms with Crippen molar-refractivity contribution in [3.63, 3.8) is 0 Å². The Morgan fingerprint density at radius 3 is 3.04 bits per heavy atom. The minimum absolute atomic E-state index is 0.195. The number of ketones is 1. The van der Waals surface area contributed by atoms with Gasteiger partial charge in [-0.05, 0) is 31.5 Å². The first-order valence-corrected chi connectivity index (χ1v) is 8.68. The molecule has 26 heavy (non-hydrogen) atoms. The molecule has 2 aromatic carbocycles. The molecule has 1 unspecified atom stereocenters. The number of hydrogen-bond donors (Lipinski definition) is 2. The zero-order valence-electron chi connectivity index (χ0n) is 17.0. The summed E-state index contributed by atoms with van der Waals surface area (Å²) in [7, 11) is 0. The third-order valence-electron chi connectivity index (χ3n) is 5.03. The Morgan fingerprint density at radius 1 is 1.31 bits per heavy atom. The summed E-state index contributed by atoms with van der Waals surface area (Å²) in [6.07, 6.45) is 1.34. The van der Waals surface area contributed by atoms with Crippen molar-refractivity contribution in [1.82, 2.24) is 10.3 Å². The number of H-pyrrole nitrogens is 1. The van der Waals surface area contributed by atoms with Gasteiger partial charge in [0.15, 0.2) is 5.78 Å². The molecule has 0 amide bonds. The highest BCUT2D eigenvalue weighted by atomic mass is 19.1. The predicted octanol–water partition coefficient (Wildman–Crippen LogP) is 4.11. The molecule has 0 spiro atoms. The van der Waals surface area contributed by atoms with E-state index in [0.717, 1.165) is 6.42 Å². The second kappa shape index (κ2) is 6.04. The average Bonchev–Trinajstić information content (AvgIpc) is 3.28. The zero-order valence-corrected chi connectivity index (χ0v) is 14.0. The van der Waals surface area contributed by atoms with Crippen LogP contribution in [0.1, 0.15) is 44.5 Å². The summed E-state index contributed by atoms with van der Waals surface area (Å²) in [5.74, 6) is -0.821. The lowest BCUT2D eigenvalue weighted by atomic mass is 9.98. The summed E-state index contributed by atoms with van der Waals surface area (Å²) < 4.78 is 45.5. The predicted molar refractivity (Wildman–Crippen MR) is 97.7 cm³/mol. The molecule has 3 heterocycles. The molecule has 0 bridgehead atoms. The summed E-state index contributed by atoms with van der Waals surface area (Å²) in [6, 6.07) is 8.55. The van der Waals surface area contributed by atoms with Crippen LogP contribution in [0.4, 0.5) is 4.39 Å². The Morgan fingerprint density at radius 2 is 2.23 bits per heavy atom. The minimum atomic E-state index is -2.21. The molecule has 0 aliphatic carbocycles. The number of benzene rings is 2. The van der Waals surface area contributed by atoms with Gasteiger partial charge in [0, 0.05) is 39.2 Å². The Balaban J connectivity index is 1.72. The van der Waals surface area contributed by atoms with Crippen LogP contribution in [0, 0.1) is 5.82 Å². The molecule has 2 aliphatic rings. The molecule has 132 valence electrons. The van der Waals surface area contributed by atoms with E-state index in [1.165, 1.54) is 6.07 Å². The summed E-state index contributed by atoms with van der Waals surface area (Å²) in [6.45, 7) is -1.90. The summed E-state index contributed by atoms with van der Waals surface area (Å²) in [4.78, 5) is 15.6. The number of rotatable bonds is 2. The minimum Gasteiger partial charge on any atom is -0.369 e. The molecular weight excluding hydrogens is 331 g/mol. The Labute approximate surface area is 154 Å². The molecule has 4 nitrogen and oxygen atoms in total. The number of aromatic nitrogens is 1. The first kappa shape index (κ1) is 12.8. The first-order chi connectivity index (χ1) is 13.8. The van der Waals surface area contributed by atoms with E-state index in [0.29, 0.717) is 40.7 Å². The molecular formula is C21H19FN2O2. The van der Waals surface area contributed by atoms with Crippen LogP contribution in [-0.4, -0.2) is 23.9 Å². The summed E-state index contributed by atoms with van der Waals surface area (Å²) in [5, 5.41) is 3.50. The molecule has 1 fully saturated rings. The average molecular weight is 353 g/mol. The van der Waals surface area contributed by atoms with Gasteiger partial charge in [0.2, 0.25) is 0 Å². The van der Waals surface area contributed by atoms with Crippen LogP contribution < -0.4 is 5.32 Å². The number of hydrogen-bond acceptors (Lipinski definition) is 3. The van der Waals surface area contributed by atoms with Gasteiger partial charge < -0.3 is 15.0 Å². The maximum absolute atomic E-state index is 15.0.